The number of ether oxygens (including phenoxy) is 2. The lowest BCUT2D eigenvalue weighted by Gasteiger charge is -2.22. The van der Waals surface area contributed by atoms with Gasteiger partial charge in [0.05, 0.1) is 31.9 Å². The minimum absolute atomic E-state index is 0.0806. The lowest BCUT2D eigenvalue weighted by molar-refractivity contribution is -0.120. The lowest BCUT2D eigenvalue weighted by atomic mass is 9.96. The molecule has 1 aromatic rings. The molecule has 136 valence electrons. The Morgan fingerprint density at radius 1 is 1.28 bits per heavy atom. The van der Waals surface area contributed by atoms with E-state index >= 15 is 0 Å². The van der Waals surface area contributed by atoms with E-state index in [9.17, 15) is 4.79 Å². The third-order valence-corrected chi connectivity index (χ3v) is 4.72. The number of aliphatic imine (C=N–C) groups is 1. The molecule has 0 spiro atoms. The van der Waals surface area contributed by atoms with Gasteiger partial charge >= 0.3 is 0 Å². The van der Waals surface area contributed by atoms with Gasteiger partial charge in [0.1, 0.15) is 5.75 Å². The summed E-state index contributed by atoms with van der Waals surface area (Å²) in [4.78, 5) is 16.2. The van der Waals surface area contributed by atoms with Gasteiger partial charge in [0.15, 0.2) is 5.96 Å². The molecule has 3 N–H and O–H groups in total. The predicted molar refractivity (Wildman–Crippen MR) is 95.6 cm³/mol. The molecule has 2 aliphatic rings. The van der Waals surface area contributed by atoms with Crippen LogP contribution in [0.3, 0.4) is 0 Å². The number of rotatable bonds is 6. The van der Waals surface area contributed by atoms with E-state index in [1.165, 1.54) is 0 Å². The van der Waals surface area contributed by atoms with Crippen molar-refractivity contribution in [1.29, 1.82) is 0 Å². The first-order valence-electron chi connectivity index (χ1n) is 8.70. The summed E-state index contributed by atoms with van der Waals surface area (Å²) in [7, 11) is 3.34. The third-order valence-electron chi connectivity index (χ3n) is 4.72. The second kappa shape index (κ2) is 8.20. The highest BCUT2D eigenvalue weighted by atomic mass is 16.5. The fourth-order valence-corrected chi connectivity index (χ4v) is 3.33. The summed E-state index contributed by atoms with van der Waals surface area (Å²) in [6, 6.07) is 7.91. The van der Waals surface area contributed by atoms with E-state index in [2.05, 4.69) is 20.9 Å². The van der Waals surface area contributed by atoms with Gasteiger partial charge in [0.2, 0.25) is 5.91 Å². The molecule has 0 saturated carbocycles. The maximum Gasteiger partial charge on any atom is 0.239 e. The number of nitrogens with one attached hydrogen (secondary N) is 3. The highest BCUT2D eigenvalue weighted by molar-refractivity contribution is 5.86. The Morgan fingerprint density at radius 2 is 2.08 bits per heavy atom. The minimum Gasteiger partial charge on any atom is -0.497 e. The first-order valence-corrected chi connectivity index (χ1v) is 8.70. The summed E-state index contributed by atoms with van der Waals surface area (Å²) in [6.45, 7) is 0.661. The summed E-state index contributed by atoms with van der Waals surface area (Å²) in [5, 5.41) is 9.31. The second-order valence-corrected chi connectivity index (χ2v) is 6.41. The molecule has 3 atom stereocenters. The van der Waals surface area contributed by atoms with E-state index < -0.39 is 0 Å². The van der Waals surface area contributed by atoms with Crippen LogP contribution in [-0.2, 0) is 16.1 Å². The largest absolute Gasteiger partial charge is 0.497 e. The number of amides is 1. The Labute approximate surface area is 148 Å². The van der Waals surface area contributed by atoms with Crippen molar-refractivity contribution in [2.75, 3.05) is 20.7 Å². The van der Waals surface area contributed by atoms with Crippen LogP contribution in [0, 0.1) is 0 Å². The molecule has 3 unspecified atom stereocenters. The van der Waals surface area contributed by atoms with Crippen LogP contribution < -0.4 is 20.7 Å². The van der Waals surface area contributed by atoms with Crippen molar-refractivity contribution in [3.05, 3.63) is 29.8 Å². The standard InChI is InChI=1S/C18H26N4O3/c1-19-18(22-15-9-14-7-8-16(15)25-14)21-11-17(23)20-10-12-3-5-13(24-2)6-4-12/h3-6,14-16H,7-11H2,1-2H3,(H,20,23)(H2,19,21,22). The van der Waals surface area contributed by atoms with Crippen molar-refractivity contribution in [3.63, 3.8) is 0 Å². The summed E-state index contributed by atoms with van der Waals surface area (Å²) in [5.41, 5.74) is 1.02. The molecule has 1 aromatic carbocycles. The van der Waals surface area contributed by atoms with Gasteiger partial charge in [-0.3, -0.25) is 9.79 Å². The minimum atomic E-state index is -0.0806. The zero-order valence-electron chi connectivity index (χ0n) is 14.7. The van der Waals surface area contributed by atoms with Gasteiger partial charge in [-0.05, 0) is 37.0 Å². The summed E-state index contributed by atoms with van der Waals surface area (Å²) in [5.74, 6) is 1.36. The molecule has 2 heterocycles. The van der Waals surface area contributed by atoms with Gasteiger partial charge in [0.25, 0.3) is 0 Å². The van der Waals surface area contributed by atoms with Crippen LogP contribution >= 0.6 is 0 Å². The Hall–Kier alpha value is -2.28. The van der Waals surface area contributed by atoms with E-state index in [1.807, 2.05) is 24.3 Å². The summed E-state index contributed by atoms with van der Waals surface area (Å²) >= 11 is 0. The first-order chi connectivity index (χ1) is 12.2. The van der Waals surface area contributed by atoms with Crippen molar-refractivity contribution in [2.24, 2.45) is 4.99 Å². The fraction of sp³-hybridized carbons (Fsp3) is 0.556. The molecule has 2 aliphatic heterocycles. The van der Waals surface area contributed by atoms with Gasteiger partial charge in [-0.2, -0.15) is 0 Å². The molecule has 0 aliphatic carbocycles. The predicted octanol–water partition coefficient (Wildman–Crippen LogP) is 0.796. The van der Waals surface area contributed by atoms with Crippen molar-refractivity contribution in [2.45, 2.75) is 44.1 Å². The van der Waals surface area contributed by atoms with Crippen molar-refractivity contribution >= 4 is 11.9 Å². The SMILES string of the molecule is CN=C(NCC(=O)NCc1ccc(OC)cc1)NC1CC2CCC1O2. The van der Waals surface area contributed by atoms with Gasteiger partial charge in [-0.15, -0.1) is 0 Å². The monoisotopic (exact) mass is 346 g/mol. The number of benzene rings is 1. The van der Waals surface area contributed by atoms with E-state index in [4.69, 9.17) is 9.47 Å². The average Bonchev–Trinajstić information content (AvgIpc) is 3.26. The zero-order valence-corrected chi connectivity index (χ0v) is 14.7. The van der Waals surface area contributed by atoms with Crippen LogP contribution in [0.2, 0.25) is 0 Å². The number of hydrogen-bond acceptors (Lipinski definition) is 4. The summed E-state index contributed by atoms with van der Waals surface area (Å²) < 4.78 is 10.9. The Balaban J connectivity index is 1.38. The first kappa shape index (κ1) is 17.5. The number of fused-ring (bicyclic) bond motifs is 2. The molecule has 3 rings (SSSR count). The van der Waals surface area contributed by atoms with Crippen molar-refractivity contribution in [3.8, 4) is 5.75 Å². The van der Waals surface area contributed by atoms with Crippen molar-refractivity contribution < 1.29 is 14.3 Å². The van der Waals surface area contributed by atoms with Crippen LogP contribution in [0.1, 0.15) is 24.8 Å². The Kier molecular flexibility index (Phi) is 5.75. The molecule has 25 heavy (non-hydrogen) atoms. The van der Waals surface area contributed by atoms with Crippen LogP contribution in [0.15, 0.2) is 29.3 Å². The number of methoxy groups -OCH3 is 1. The average molecular weight is 346 g/mol. The van der Waals surface area contributed by atoms with Gasteiger partial charge in [-0.1, -0.05) is 12.1 Å². The molecule has 7 heteroatoms. The number of nitrogens with zero attached hydrogens (tertiary/aromatic N) is 1. The third kappa shape index (κ3) is 4.63. The van der Waals surface area contributed by atoms with Gasteiger partial charge in [-0.25, -0.2) is 0 Å². The number of carbonyl (C=O) groups is 1. The molecule has 2 bridgehead atoms. The molecule has 2 fully saturated rings. The lowest BCUT2D eigenvalue weighted by Crippen LogP contribution is -2.49. The smallest absolute Gasteiger partial charge is 0.239 e. The van der Waals surface area contributed by atoms with Crippen molar-refractivity contribution in [1.82, 2.24) is 16.0 Å². The molecule has 0 aromatic heterocycles. The topological polar surface area (TPSA) is 84.0 Å². The molecular formula is C18H26N4O3. The Morgan fingerprint density at radius 3 is 2.68 bits per heavy atom. The maximum absolute atomic E-state index is 12.0. The molecule has 1 amide bonds. The van der Waals surface area contributed by atoms with E-state index in [0.29, 0.717) is 18.6 Å². The van der Waals surface area contributed by atoms with E-state index in [-0.39, 0.29) is 24.6 Å². The number of guanidine groups is 1. The quantitative estimate of drug-likeness (QED) is 0.524. The van der Waals surface area contributed by atoms with Gasteiger partial charge in [0, 0.05) is 13.6 Å². The molecule has 0 radical (unpaired) electrons. The van der Waals surface area contributed by atoms with Crippen LogP contribution in [-0.4, -0.2) is 50.8 Å². The number of hydrogen-bond donors (Lipinski definition) is 3. The van der Waals surface area contributed by atoms with E-state index in [0.717, 1.165) is 30.6 Å². The summed E-state index contributed by atoms with van der Waals surface area (Å²) in [6.07, 6.45) is 3.92. The maximum atomic E-state index is 12.0. The molecule has 2 saturated heterocycles. The zero-order chi connectivity index (χ0) is 17.6. The Bertz CT molecular complexity index is 617. The number of carbonyl (C=O) groups excluding carboxylic acids is 1. The van der Waals surface area contributed by atoms with E-state index in [1.54, 1.807) is 14.2 Å². The highest BCUT2D eigenvalue weighted by Crippen LogP contribution is 2.34. The highest BCUT2D eigenvalue weighted by Gasteiger charge is 2.41. The van der Waals surface area contributed by atoms with Crippen LogP contribution in [0.5, 0.6) is 5.75 Å². The van der Waals surface area contributed by atoms with Crippen LogP contribution in [0.25, 0.3) is 0 Å². The fourth-order valence-electron chi connectivity index (χ4n) is 3.33. The normalized spacial score (nSPS) is 24.9. The molecule has 7 nitrogen and oxygen atoms in total. The molecular weight excluding hydrogens is 320 g/mol. The second-order valence-electron chi connectivity index (χ2n) is 6.41. The van der Waals surface area contributed by atoms with Crippen LogP contribution in [0.4, 0.5) is 0 Å². The van der Waals surface area contributed by atoms with Gasteiger partial charge < -0.3 is 25.4 Å².